The summed E-state index contributed by atoms with van der Waals surface area (Å²) in [5.41, 5.74) is 3.83. The predicted molar refractivity (Wildman–Crippen MR) is 71.2 cm³/mol. The molecule has 0 fully saturated rings. The summed E-state index contributed by atoms with van der Waals surface area (Å²) in [5.74, 6) is 0. The van der Waals surface area contributed by atoms with Crippen LogP contribution in [-0.4, -0.2) is 16.3 Å². The molecule has 0 spiro atoms. The molecule has 0 atom stereocenters. The summed E-state index contributed by atoms with van der Waals surface area (Å²) in [4.78, 5) is 0. The predicted octanol–water partition coefficient (Wildman–Crippen LogP) is 2.64. The fourth-order valence-electron chi connectivity index (χ4n) is 1.88. The molecule has 0 saturated heterocycles. The average Bonchev–Trinajstić information content (AvgIpc) is 2.76. The van der Waals surface area contributed by atoms with Crippen molar-refractivity contribution in [3.05, 3.63) is 47.8 Å². The van der Waals surface area contributed by atoms with E-state index in [4.69, 9.17) is 0 Å². The van der Waals surface area contributed by atoms with Gasteiger partial charge in [-0.3, -0.25) is 4.68 Å². The first-order valence-corrected chi connectivity index (χ1v) is 6.09. The second-order valence-electron chi connectivity index (χ2n) is 4.18. The molecular weight excluding hydrogens is 210 g/mol. The van der Waals surface area contributed by atoms with Crippen LogP contribution >= 0.6 is 0 Å². The van der Waals surface area contributed by atoms with Gasteiger partial charge in [-0.2, -0.15) is 5.10 Å². The molecule has 2 rings (SSSR count). The summed E-state index contributed by atoms with van der Waals surface area (Å²) in [7, 11) is 1.98. The molecule has 1 aromatic carbocycles. The van der Waals surface area contributed by atoms with Gasteiger partial charge in [-0.05, 0) is 30.2 Å². The molecule has 17 heavy (non-hydrogen) atoms. The molecule has 0 unspecified atom stereocenters. The lowest BCUT2D eigenvalue weighted by Crippen LogP contribution is -2.08. The number of aromatic nitrogens is 2. The van der Waals surface area contributed by atoms with Crippen molar-refractivity contribution in [2.24, 2.45) is 7.05 Å². The summed E-state index contributed by atoms with van der Waals surface area (Å²) in [6, 6.07) is 10.6. The van der Waals surface area contributed by atoms with Crippen molar-refractivity contribution in [3.63, 3.8) is 0 Å². The third kappa shape index (κ3) is 3.09. The maximum atomic E-state index is 4.16. The van der Waals surface area contributed by atoms with E-state index in [1.807, 2.05) is 17.9 Å². The normalized spacial score (nSPS) is 10.5. The summed E-state index contributed by atoms with van der Waals surface area (Å²) >= 11 is 0. The van der Waals surface area contributed by atoms with Gasteiger partial charge in [0, 0.05) is 37.6 Å². The third-order valence-electron chi connectivity index (χ3n) is 2.97. The van der Waals surface area contributed by atoms with E-state index >= 15 is 0 Å². The molecule has 0 aliphatic rings. The highest BCUT2D eigenvalue weighted by Gasteiger charge is 1.98. The highest BCUT2D eigenvalue weighted by Crippen LogP contribution is 2.11. The average molecular weight is 229 g/mol. The molecule has 0 aliphatic carbocycles. The van der Waals surface area contributed by atoms with Gasteiger partial charge in [0.25, 0.3) is 0 Å². The number of hydrogen-bond donors (Lipinski definition) is 1. The van der Waals surface area contributed by atoms with E-state index in [-0.39, 0.29) is 0 Å². The molecule has 0 bridgehead atoms. The van der Waals surface area contributed by atoms with E-state index < -0.39 is 0 Å². The van der Waals surface area contributed by atoms with Crippen molar-refractivity contribution in [1.82, 2.24) is 9.78 Å². The maximum Gasteiger partial charge on any atom is 0.0492 e. The molecular formula is C14H19N3. The highest BCUT2D eigenvalue weighted by atomic mass is 15.3. The van der Waals surface area contributed by atoms with Crippen LogP contribution < -0.4 is 5.32 Å². The number of nitrogens with one attached hydrogen (secondary N) is 1. The van der Waals surface area contributed by atoms with E-state index in [1.54, 1.807) is 0 Å². The van der Waals surface area contributed by atoms with Crippen LogP contribution in [-0.2, 0) is 19.9 Å². The van der Waals surface area contributed by atoms with E-state index in [9.17, 15) is 0 Å². The molecule has 0 amide bonds. The number of hydrogen-bond acceptors (Lipinski definition) is 2. The molecule has 3 heteroatoms. The van der Waals surface area contributed by atoms with Gasteiger partial charge in [-0.1, -0.05) is 19.1 Å². The number of aryl methyl sites for hydroxylation is 2. The minimum atomic E-state index is 0.937. The molecule has 1 heterocycles. The van der Waals surface area contributed by atoms with Crippen molar-refractivity contribution in [3.8, 4) is 0 Å². The van der Waals surface area contributed by atoms with E-state index in [2.05, 4.69) is 47.7 Å². The molecule has 1 aromatic heterocycles. The van der Waals surface area contributed by atoms with Gasteiger partial charge in [0.05, 0.1) is 0 Å². The number of benzene rings is 1. The van der Waals surface area contributed by atoms with Crippen molar-refractivity contribution in [1.29, 1.82) is 0 Å². The van der Waals surface area contributed by atoms with Crippen LogP contribution in [0.2, 0.25) is 0 Å². The van der Waals surface area contributed by atoms with Gasteiger partial charge in [-0.15, -0.1) is 0 Å². The zero-order valence-electron chi connectivity index (χ0n) is 10.5. The minimum absolute atomic E-state index is 0.937. The maximum absolute atomic E-state index is 4.16. The smallest absolute Gasteiger partial charge is 0.0492 e. The largest absolute Gasteiger partial charge is 0.385 e. The fourth-order valence-corrected chi connectivity index (χ4v) is 1.88. The Balaban J connectivity index is 1.87. The van der Waals surface area contributed by atoms with Gasteiger partial charge < -0.3 is 5.32 Å². The number of nitrogens with zero attached hydrogens (tertiary/aromatic N) is 2. The Labute approximate surface area is 102 Å². The van der Waals surface area contributed by atoms with E-state index in [0.717, 1.165) is 19.4 Å². The topological polar surface area (TPSA) is 29.9 Å². The Bertz CT molecular complexity index is 474. The molecule has 90 valence electrons. The molecule has 0 radical (unpaired) electrons. The molecule has 0 aliphatic heterocycles. The first kappa shape index (κ1) is 11.7. The second kappa shape index (κ2) is 5.53. The first-order chi connectivity index (χ1) is 8.29. The fraction of sp³-hybridized carbons (Fsp3) is 0.357. The Kier molecular flexibility index (Phi) is 3.81. The third-order valence-corrected chi connectivity index (χ3v) is 2.97. The van der Waals surface area contributed by atoms with Gasteiger partial charge >= 0.3 is 0 Å². The van der Waals surface area contributed by atoms with Crippen LogP contribution in [0.3, 0.4) is 0 Å². The van der Waals surface area contributed by atoms with Crippen molar-refractivity contribution in [2.75, 3.05) is 11.9 Å². The Hall–Kier alpha value is -1.77. The van der Waals surface area contributed by atoms with Crippen LogP contribution in [0.25, 0.3) is 0 Å². The summed E-state index contributed by atoms with van der Waals surface area (Å²) in [5, 5.41) is 7.60. The lowest BCUT2D eigenvalue weighted by molar-refractivity contribution is 0.711. The van der Waals surface area contributed by atoms with Crippen LogP contribution in [0.4, 0.5) is 5.69 Å². The van der Waals surface area contributed by atoms with Gasteiger partial charge in [0.15, 0.2) is 0 Å². The molecule has 1 N–H and O–H groups in total. The zero-order chi connectivity index (χ0) is 12.1. The summed E-state index contributed by atoms with van der Waals surface area (Å²) in [6.45, 7) is 3.11. The highest BCUT2D eigenvalue weighted by molar-refractivity contribution is 5.45. The molecule has 3 nitrogen and oxygen atoms in total. The van der Waals surface area contributed by atoms with Crippen molar-refractivity contribution < 1.29 is 0 Å². The van der Waals surface area contributed by atoms with Gasteiger partial charge in [-0.25, -0.2) is 0 Å². The quantitative estimate of drug-likeness (QED) is 0.854. The Morgan fingerprint density at radius 1 is 1.29 bits per heavy atom. The summed E-state index contributed by atoms with van der Waals surface area (Å²) < 4.78 is 1.92. The first-order valence-electron chi connectivity index (χ1n) is 6.09. The van der Waals surface area contributed by atoms with Crippen molar-refractivity contribution >= 4 is 5.69 Å². The van der Waals surface area contributed by atoms with E-state index in [1.165, 1.54) is 16.9 Å². The van der Waals surface area contributed by atoms with Crippen molar-refractivity contribution in [2.45, 2.75) is 19.8 Å². The zero-order valence-corrected chi connectivity index (χ0v) is 10.5. The lowest BCUT2D eigenvalue weighted by atomic mass is 10.1. The lowest BCUT2D eigenvalue weighted by Gasteiger charge is -2.07. The summed E-state index contributed by atoms with van der Waals surface area (Å²) in [6.07, 6.45) is 3.91. The van der Waals surface area contributed by atoms with Crippen LogP contribution in [0.15, 0.2) is 36.5 Å². The second-order valence-corrected chi connectivity index (χ2v) is 4.18. The van der Waals surface area contributed by atoms with Gasteiger partial charge in [0.1, 0.15) is 0 Å². The number of rotatable bonds is 5. The van der Waals surface area contributed by atoms with E-state index in [0.29, 0.717) is 0 Å². The molecule has 0 saturated carbocycles. The monoisotopic (exact) mass is 229 g/mol. The van der Waals surface area contributed by atoms with Gasteiger partial charge in [0.2, 0.25) is 0 Å². The van der Waals surface area contributed by atoms with Crippen LogP contribution in [0.5, 0.6) is 0 Å². The standard InChI is InChI=1S/C14H19N3/c1-3-12-5-4-6-13(11-12)15-9-7-14-8-10-16-17(14)2/h4-6,8,10-11,15H,3,7,9H2,1-2H3. The van der Waals surface area contributed by atoms with Crippen LogP contribution in [0, 0.1) is 0 Å². The Morgan fingerprint density at radius 2 is 2.18 bits per heavy atom. The Morgan fingerprint density at radius 3 is 2.88 bits per heavy atom. The number of anilines is 1. The molecule has 2 aromatic rings. The SMILES string of the molecule is CCc1cccc(NCCc2ccnn2C)c1. The minimum Gasteiger partial charge on any atom is -0.385 e. The van der Waals surface area contributed by atoms with Crippen LogP contribution in [0.1, 0.15) is 18.2 Å².